The molecule has 3 heterocycles. The highest BCUT2D eigenvalue weighted by atomic mass is 35.5. The highest BCUT2D eigenvalue weighted by molar-refractivity contribution is 6.33. The zero-order chi connectivity index (χ0) is 29.7. The number of hydrogen-bond donors (Lipinski definition) is 2. The fourth-order valence-electron chi connectivity index (χ4n) is 4.70. The van der Waals surface area contributed by atoms with Gasteiger partial charge in [0.05, 0.1) is 30.6 Å². The Morgan fingerprint density at radius 3 is 2.27 bits per heavy atom. The van der Waals surface area contributed by atoms with Crippen molar-refractivity contribution in [2.24, 2.45) is 17.8 Å². The maximum absolute atomic E-state index is 9.00. The van der Waals surface area contributed by atoms with E-state index in [2.05, 4.69) is 52.9 Å². The zero-order valence-electron chi connectivity index (χ0n) is 24.7. The van der Waals surface area contributed by atoms with Crippen molar-refractivity contribution in [2.45, 2.75) is 46.6 Å². The second-order valence-corrected chi connectivity index (χ2v) is 11.0. The molecule has 0 saturated carbocycles. The average molecular weight is 580 g/mol. The van der Waals surface area contributed by atoms with Gasteiger partial charge in [-0.2, -0.15) is 0 Å². The van der Waals surface area contributed by atoms with E-state index in [9.17, 15) is 0 Å². The third-order valence-corrected chi connectivity index (χ3v) is 7.15. The van der Waals surface area contributed by atoms with Crippen molar-refractivity contribution in [3.63, 3.8) is 0 Å². The number of carbonyl (C=O) groups is 1. The summed E-state index contributed by atoms with van der Waals surface area (Å²) in [4.78, 5) is 17.9. The Morgan fingerprint density at radius 2 is 1.77 bits per heavy atom. The third kappa shape index (κ3) is 11.0. The minimum atomic E-state index is -0.833. The molecule has 0 amide bonds. The van der Waals surface area contributed by atoms with E-state index in [1.807, 2.05) is 13.0 Å². The molecule has 0 spiro atoms. The van der Waals surface area contributed by atoms with E-state index >= 15 is 0 Å². The molecular weight excluding hydrogens is 534 g/mol. The lowest BCUT2D eigenvalue weighted by molar-refractivity contribution is -0.134. The predicted octanol–water partition coefficient (Wildman–Crippen LogP) is 5.24. The molecule has 4 unspecified atom stereocenters. The Balaban J connectivity index is 0.000000434. The lowest BCUT2D eigenvalue weighted by Gasteiger charge is -2.38. The number of rotatable bonds is 8. The van der Waals surface area contributed by atoms with E-state index in [1.165, 1.54) is 12.1 Å². The van der Waals surface area contributed by atoms with E-state index in [1.54, 1.807) is 20.4 Å². The lowest BCUT2D eigenvalue weighted by atomic mass is 9.96. The van der Waals surface area contributed by atoms with Gasteiger partial charge in [-0.1, -0.05) is 32.4 Å². The van der Waals surface area contributed by atoms with Crippen LogP contribution in [0.4, 0.5) is 11.4 Å². The number of methoxy groups -OCH3 is 2. The van der Waals surface area contributed by atoms with Crippen molar-refractivity contribution in [2.75, 3.05) is 63.4 Å². The fraction of sp³-hybridized carbons (Fsp3) is 0.600. The molecule has 40 heavy (non-hydrogen) atoms. The molecule has 2 aliphatic heterocycles. The number of ether oxygens (including phenoxy) is 3. The number of aromatic nitrogens is 1. The van der Waals surface area contributed by atoms with Crippen molar-refractivity contribution in [3.8, 4) is 11.6 Å². The van der Waals surface area contributed by atoms with Gasteiger partial charge in [0.2, 0.25) is 5.88 Å². The van der Waals surface area contributed by atoms with Gasteiger partial charge < -0.3 is 34.2 Å². The number of aliphatic hydroxyl groups excluding tert-OH is 1. The van der Waals surface area contributed by atoms with Crippen LogP contribution in [0.15, 0.2) is 36.5 Å². The first-order valence-electron chi connectivity index (χ1n) is 13.8. The summed E-state index contributed by atoms with van der Waals surface area (Å²) in [6.45, 7) is 12.5. The predicted molar refractivity (Wildman–Crippen MR) is 160 cm³/mol. The Morgan fingerprint density at radius 1 is 1.12 bits per heavy atom. The summed E-state index contributed by atoms with van der Waals surface area (Å²) in [7, 11) is 3.25. The minimum absolute atomic E-state index is 0.200. The summed E-state index contributed by atoms with van der Waals surface area (Å²) in [5.41, 5.74) is 2.28. The summed E-state index contributed by atoms with van der Waals surface area (Å²) in [5, 5.41) is 16.5. The lowest BCUT2D eigenvalue weighted by Crippen LogP contribution is -2.44. The van der Waals surface area contributed by atoms with Crippen LogP contribution in [0.3, 0.4) is 0 Å². The van der Waals surface area contributed by atoms with Crippen molar-refractivity contribution in [3.05, 3.63) is 41.6 Å². The van der Waals surface area contributed by atoms with Crippen LogP contribution in [0.1, 0.15) is 40.5 Å². The molecule has 2 fully saturated rings. The van der Waals surface area contributed by atoms with Crippen molar-refractivity contribution >= 4 is 28.9 Å². The Labute approximate surface area is 244 Å². The maximum Gasteiger partial charge on any atom is 0.300 e. The number of anilines is 2. The molecule has 10 heteroatoms. The smallest absolute Gasteiger partial charge is 0.300 e. The van der Waals surface area contributed by atoms with Crippen LogP contribution in [-0.4, -0.2) is 80.9 Å². The van der Waals surface area contributed by atoms with E-state index in [0.29, 0.717) is 23.4 Å². The van der Waals surface area contributed by atoms with Crippen molar-refractivity contribution in [1.29, 1.82) is 0 Å². The quantitative estimate of drug-likeness (QED) is 0.434. The number of aliphatic hydroxyl groups is 1. The Hall–Kier alpha value is -2.75. The van der Waals surface area contributed by atoms with Gasteiger partial charge in [0.1, 0.15) is 11.9 Å². The monoisotopic (exact) mass is 579 g/mol. The van der Waals surface area contributed by atoms with E-state index in [-0.39, 0.29) is 18.6 Å². The van der Waals surface area contributed by atoms with E-state index < -0.39 is 5.97 Å². The van der Waals surface area contributed by atoms with Crippen LogP contribution in [0.5, 0.6) is 11.6 Å². The van der Waals surface area contributed by atoms with Gasteiger partial charge in [-0.25, -0.2) is 4.98 Å². The van der Waals surface area contributed by atoms with Crippen LogP contribution in [-0.2, 0) is 9.53 Å². The normalized spacial score (nSPS) is 20.9. The highest BCUT2D eigenvalue weighted by Crippen LogP contribution is 2.33. The molecule has 224 valence electrons. The highest BCUT2D eigenvalue weighted by Gasteiger charge is 2.29. The van der Waals surface area contributed by atoms with Gasteiger partial charge in [0.15, 0.2) is 0 Å². The molecule has 2 aliphatic rings. The number of aliphatic carboxylic acids is 1. The van der Waals surface area contributed by atoms with Gasteiger partial charge in [0.25, 0.3) is 5.97 Å². The Kier molecular flexibility index (Phi) is 14.3. The molecule has 2 aromatic rings. The van der Waals surface area contributed by atoms with Gasteiger partial charge in [-0.05, 0) is 36.6 Å². The molecule has 0 radical (unpaired) electrons. The summed E-state index contributed by atoms with van der Waals surface area (Å²) in [5.74, 6) is 2.16. The van der Waals surface area contributed by atoms with E-state index in [4.69, 9.17) is 40.8 Å². The topological polar surface area (TPSA) is 105 Å². The summed E-state index contributed by atoms with van der Waals surface area (Å²) >= 11 is 6.38. The minimum Gasteiger partial charge on any atom is -0.490 e. The van der Waals surface area contributed by atoms with Crippen LogP contribution in [0.2, 0.25) is 5.02 Å². The molecule has 9 nitrogen and oxygen atoms in total. The number of benzene rings is 1. The van der Waals surface area contributed by atoms with Gasteiger partial charge in [-0.15, -0.1) is 0 Å². The molecular formula is C30H46ClN3O6. The molecule has 4 rings (SSSR count). The molecule has 1 aromatic carbocycles. The summed E-state index contributed by atoms with van der Waals surface area (Å²) in [6.07, 6.45) is 4.09. The molecule has 1 aromatic heterocycles. The van der Waals surface area contributed by atoms with E-state index in [0.717, 1.165) is 56.9 Å². The number of pyridine rings is 1. The molecule has 0 bridgehead atoms. The number of nitrogens with zero attached hydrogens (tertiary/aromatic N) is 3. The number of carboxylic acid groups (broad SMARTS) is 1. The van der Waals surface area contributed by atoms with Crippen LogP contribution < -0.4 is 19.3 Å². The number of hydrogen-bond acceptors (Lipinski definition) is 8. The standard InChI is InChI=1S/C23H30ClN3O2.C5H12O2.C2H4O2/c1-16-8-10-26(14-16)18-4-6-19(7-5-18)29-22-9-11-27(15-17(22)2)21-12-23(28-3)25-13-20(21)24;1-5(3-6)4-7-2;1-2(3)4/h4-7,12-13,16-17,22H,8-11,14-15H2,1-3H3;5-6H,3-4H2,1-2H3;1H3,(H,3,4). The largest absolute Gasteiger partial charge is 0.490 e. The second kappa shape index (κ2) is 17.1. The maximum atomic E-state index is 9.00. The van der Waals surface area contributed by atoms with Gasteiger partial charge >= 0.3 is 0 Å². The number of piperidine rings is 1. The zero-order valence-corrected chi connectivity index (χ0v) is 25.4. The Bertz CT molecular complexity index is 1020. The summed E-state index contributed by atoms with van der Waals surface area (Å²) < 4.78 is 16.3. The molecule has 0 aliphatic carbocycles. The fourth-order valence-corrected chi connectivity index (χ4v) is 4.92. The first kappa shape index (κ1) is 33.5. The SMILES string of the molecule is CC(=O)O.COCC(C)CO.COc1cc(N2CCC(Oc3ccc(N4CCC(C)C4)cc3)C(C)C2)c(Cl)cn1. The van der Waals surface area contributed by atoms with Crippen molar-refractivity contribution < 1.29 is 29.2 Å². The number of halogens is 1. The average Bonchev–Trinajstić information content (AvgIpc) is 3.37. The summed E-state index contributed by atoms with van der Waals surface area (Å²) in [6, 6.07) is 10.5. The van der Waals surface area contributed by atoms with Gasteiger partial charge in [0, 0.05) is 76.8 Å². The molecule has 2 N–H and O–H groups in total. The second-order valence-electron chi connectivity index (χ2n) is 10.6. The first-order valence-corrected chi connectivity index (χ1v) is 14.2. The number of carboxylic acids is 1. The van der Waals surface area contributed by atoms with Crippen LogP contribution in [0.25, 0.3) is 0 Å². The van der Waals surface area contributed by atoms with Crippen LogP contribution in [0, 0.1) is 17.8 Å². The molecule has 2 saturated heterocycles. The third-order valence-electron chi connectivity index (χ3n) is 6.86. The van der Waals surface area contributed by atoms with Crippen LogP contribution >= 0.6 is 11.6 Å². The molecule has 4 atom stereocenters. The van der Waals surface area contributed by atoms with Gasteiger partial charge in [-0.3, -0.25) is 4.79 Å². The first-order chi connectivity index (χ1) is 19.1. The van der Waals surface area contributed by atoms with Crippen molar-refractivity contribution in [1.82, 2.24) is 4.98 Å².